The van der Waals surface area contributed by atoms with E-state index in [1.54, 1.807) is 18.4 Å². The van der Waals surface area contributed by atoms with Gasteiger partial charge in [0.25, 0.3) is 0 Å². The highest BCUT2D eigenvalue weighted by atomic mass is 32.1. The van der Waals surface area contributed by atoms with Gasteiger partial charge in [-0.2, -0.15) is 0 Å². The molecule has 0 aliphatic rings. The van der Waals surface area contributed by atoms with Gasteiger partial charge in [-0.15, -0.1) is 11.3 Å². The molecular weight excluding hydrogens is 236 g/mol. The van der Waals surface area contributed by atoms with E-state index < -0.39 is 0 Å². The summed E-state index contributed by atoms with van der Waals surface area (Å²) in [5.74, 6) is 0.859. The summed E-state index contributed by atoms with van der Waals surface area (Å²) < 4.78 is 11.9. The van der Waals surface area contributed by atoms with Crippen LogP contribution in [0.4, 0.5) is 0 Å². The lowest BCUT2D eigenvalue weighted by molar-refractivity contribution is 0.172. The van der Waals surface area contributed by atoms with Gasteiger partial charge in [-0.25, -0.2) is 0 Å². The van der Waals surface area contributed by atoms with Gasteiger partial charge in [0.2, 0.25) is 0 Å². The number of aliphatic hydroxyl groups excluding tert-OH is 1. The van der Waals surface area contributed by atoms with Gasteiger partial charge in [-0.3, -0.25) is 0 Å². The first-order chi connectivity index (χ1) is 8.35. The van der Waals surface area contributed by atoms with Gasteiger partial charge in [0.1, 0.15) is 5.75 Å². The van der Waals surface area contributed by atoms with Crippen LogP contribution in [0.3, 0.4) is 0 Å². The highest BCUT2D eigenvalue weighted by Gasteiger charge is 2.06. The van der Waals surface area contributed by atoms with Gasteiger partial charge >= 0.3 is 0 Å². The van der Waals surface area contributed by atoms with Gasteiger partial charge in [0, 0.05) is 20.1 Å². The second-order valence-electron chi connectivity index (χ2n) is 3.79. The largest absolute Gasteiger partial charge is 0.492 e. The number of benzene rings is 1. The third-order valence-electron chi connectivity index (χ3n) is 2.51. The minimum atomic E-state index is 0.0419. The summed E-state index contributed by atoms with van der Waals surface area (Å²) in [4.78, 5) is 0. The molecule has 1 N–H and O–H groups in total. The fraction of sp³-hybridized carbons (Fsp3) is 0.385. The van der Waals surface area contributed by atoms with E-state index in [1.165, 1.54) is 0 Å². The van der Waals surface area contributed by atoms with Crippen LogP contribution in [-0.2, 0) is 11.3 Å². The first kappa shape index (κ1) is 12.4. The quantitative estimate of drug-likeness (QED) is 0.803. The van der Waals surface area contributed by atoms with Crippen LogP contribution in [0.25, 0.3) is 10.1 Å². The van der Waals surface area contributed by atoms with Crippen LogP contribution in [0.2, 0.25) is 0 Å². The van der Waals surface area contributed by atoms with Crippen molar-refractivity contribution in [2.75, 3.05) is 20.3 Å². The zero-order valence-corrected chi connectivity index (χ0v) is 10.6. The Bertz CT molecular complexity index is 478. The first-order valence-electron chi connectivity index (χ1n) is 5.58. The summed E-state index contributed by atoms with van der Waals surface area (Å²) in [6.07, 6.45) is 0.868. The molecule has 0 saturated carbocycles. The molecule has 0 atom stereocenters. The molecular formula is C13H16O3S. The molecule has 0 radical (unpaired) electrons. The van der Waals surface area contributed by atoms with Crippen LogP contribution in [-0.4, -0.2) is 25.4 Å². The topological polar surface area (TPSA) is 38.7 Å². The third kappa shape index (κ3) is 2.97. The Hall–Kier alpha value is -1.10. The molecule has 0 bridgehead atoms. The Morgan fingerprint density at radius 1 is 1.29 bits per heavy atom. The number of hydrogen-bond acceptors (Lipinski definition) is 4. The zero-order valence-electron chi connectivity index (χ0n) is 9.81. The Morgan fingerprint density at radius 3 is 2.94 bits per heavy atom. The van der Waals surface area contributed by atoms with Gasteiger partial charge in [-0.05, 0) is 34.5 Å². The third-order valence-corrected chi connectivity index (χ3v) is 3.45. The van der Waals surface area contributed by atoms with Crippen LogP contribution >= 0.6 is 11.3 Å². The molecule has 1 heterocycles. The van der Waals surface area contributed by atoms with Crippen LogP contribution in [0.15, 0.2) is 23.6 Å². The average Bonchev–Trinajstić information content (AvgIpc) is 2.82. The molecule has 0 amide bonds. The molecule has 0 aliphatic heterocycles. The molecule has 17 heavy (non-hydrogen) atoms. The van der Waals surface area contributed by atoms with Crippen molar-refractivity contribution in [2.45, 2.75) is 13.0 Å². The maximum absolute atomic E-state index is 9.20. The van der Waals surface area contributed by atoms with Crippen LogP contribution in [0, 0.1) is 0 Å². The molecule has 3 nitrogen and oxygen atoms in total. The lowest BCUT2D eigenvalue weighted by Gasteiger charge is -2.08. The number of thiophene rings is 1. The SMILES string of the molecule is COCCCOc1cc(CO)cc2ccsc12. The second-order valence-corrected chi connectivity index (χ2v) is 4.70. The Labute approximate surface area is 105 Å². The fourth-order valence-corrected chi connectivity index (χ4v) is 2.54. The number of aliphatic hydroxyl groups is 1. The van der Waals surface area contributed by atoms with Crippen LogP contribution in [0.1, 0.15) is 12.0 Å². The Balaban J connectivity index is 2.16. The van der Waals surface area contributed by atoms with Crippen molar-refractivity contribution in [3.05, 3.63) is 29.1 Å². The summed E-state index contributed by atoms with van der Waals surface area (Å²) in [5, 5.41) is 12.4. The molecule has 0 unspecified atom stereocenters. The van der Waals surface area contributed by atoms with Gasteiger partial charge in [0.15, 0.2) is 0 Å². The maximum Gasteiger partial charge on any atom is 0.137 e. The molecule has 2 rings (SSSR count). The number of hydrogen-bond donors (Lipinski definition) is 1. The van der Waals surface area contributed by atoms with Crippen molar-refractivity contribution in [1.29, 1.82) is 0 Å². The minimum absolute atomic E-state index is 0.0419. The predicted molar refractivity (Wildman–Crippen MR) is 69.7 cm³/mol. The first-order valence-corrected chi connectivity index (χ1v) is 6.46. The molecule has 2 aromatic rings. The lowest BCUT2D eigenvalue weighted by Crippen LogP contribution is -2.01. The average molecular weight is 252 g/mol. The highest BCUT2D eigenvalue weighted by Crippen LogP contribution is 2.32. The van der Waals surface area contributed by atoms with E-state index in [-0.39, 0.29) is 6.61 Å². The molecule has 4 heteroatoms. The highest BCUT2D eigenvalue weighted by molar-refractivity contribution is 7.17. The Kier molecular flexibility index (Phi) is 4.36. The fourth-order valence-electron chi connectivity index (χ4n) is 1.69. The van der Waals surface area contributed by atoms with Gasteiger partial charge < -0.3 is 14.6 Å². The normalized spacial score (nSPS) is 10.9. The molecule has 92 valence electrons. The summed E-state index contributed by atoms with van der Waals surface area (Å²) >= 11 is 1.66. The predicted octanol–water partition coefficient (Wildman–Crippen LogP) is 2.81. The summed E-state index contributed by atoms with van der Waals surface area (Å²) in [7, 11) is 1.68. The van der Waals surface area contributed by atoms with E-state index in [0.29, 0.717) is 13.2 Å². The van der Waals surface area contributed by atoms with Crippen molar-refractivity contribution in [1.82, 2.24) is 0 Å². The van der Waals surface area contributed by atoms with E-state index >= 15 is 0 Å². The standard InChI is InChI=1S/C13H16O3S/c1-15-4-2-5-16-12-8-10(9-14)7-11-3-6-17-13(11)12/h3,6-8,14H,2,4-5,9H2,1H3. The monoisotopic (exact) mass is 252 g/mol. The zero-order chi connectivity index (χ0) is 12.1. The number of ether oxygens (including phenoxy) is 2. The molecule has 0 spiro atoms. The summed E-state index contributed by atoms with van der Waals surface area (Å²) in [5.41, 5.74) is 0.887. The molecule has 1 aromatic heterocycles. The number of methoxy groups -OCH3 is 1. The molecule has 0 fully saturated rings. The molecule has 0 saturated heterocycles. The minimum Gasteiger partial charge on any atom is -0.492 e. The number of rotatable bonds is 6. The smallest absolute Gasteiger partial charge is 0.137 e. The van der Waals surface area contributed by atoms with Crippen molar-refractivity contribution < 1.29 is 14.6 Å². The molecule has 1 aromatic carbocycles. The molecule has 0 aliphatic carbocycles. The van der Waals surface area contributed by atoms with Crippen molar-refractivity contribution in [3.63, 3.8) is 0 Å². The van der Waals surface area contributed by atoms with Crippen molar-refractivity contribution in [2.24, 2.45) is 0 Å². The van der Waals surface area contributed by atoms with Gasteiger partial charge in [0.05, 0.1) is 17.9 Å². The van der Waals surface area contributed by atoms with Crippen LogP contribution in [0.5, 0.6) is 5.75 Å². The van der Waals surface area contributed by atoms with Crippen LogP contribution < -0.4 is 4.74 Å². The number of fused-ring (bicyclic) bond motifs is 1. The van der Waals surface area contributed by atoms with E-state index in [1.807, 2.05) is 23.6 Å². The second kappa shape index (κ2) is 6.00. The van der Waals surface area contributed by atoms with E-state index in [9.17, 15) is 5.11 Å². The summed E-state index contributed by atoms with van der Waals surface area (Å²) in [6.45, 7) is 1.38. The van der Waals surface area contributed by atoms with Gasteiger partial charge in [-0.1, -0.05) is 0 Å². The summed E-state index contributed by atoms with van der Waals surface area (Å²) in [6, 6.07) is 5.95. The Morgan fingerprint density at radius 2 is 2.18 bits per heavy atom. The van der Waals surface area contributed by atoms with E-state index in [0.717, 1.165) is 27.8 Å². The van der Waals surface area contributed by atoms with E-state index in [4.69, 9.17) is 9.47 Å². The lowest BCUT2D eigenvalue weighted by atomic mass is 10.1. The van der Waals surface area contributed by atoms with Crippen molar-refractivity contribution >= 4 is 21.4 Å². The van der Waals surface area contributed by atoms with Crippen molar-refractivity contribution in [3.8, 4) is 5.75 Å². The maximum atomic E-state index is 9.20. The van der Waals surface area contributed by atoms with E-state index in [2.05, 4.69) is 0 Å².